The lowest BCUT2D eigenvalue weighted by Crippen LogP contribution is -1.83. The van der Waals surface area contributed by atoms with Gasteiger partial charge in [0, 0.05) is 5.02 Å². The lowest BCUT2D eigenvalue weighted by Gasteiger charge is -2.05. The Balaban J connectivity index is 1.67. The number of benzene rings is 2. The van der Waals surface area contributed by atoms with Crippen molar-refractivity contribution in [1.82, 2.24) is 0 Å². The van der Waals surface area contributed by atoms with Gasteiger partial charge in [-0.25, -0.2) is 0 Å². The third-order valence-electron chi connectivity index (χ3n) is 2.82. The summed E-state index contributed by atoms with van der Waals surface area (Å²) in [6.07, 6.45) is 1.69. The summed E-state index contributed by atoms with van der Waals surface area (Å²) in [4.78, 5) is 4.35. The molecule has 0 aliphatic rings. The molecule has 0 fully saturated rings. The first kappa shape index (κ1) is 15.1. The van der Waals surface area contributed by atoms with Gasteiger partial charge in [-0.15, -0.1) is 0 Å². The molecule has 2 aromatic carbocycles. The largest absolute Gasteiger partial charge is 0.457 e. The second-order valence-electron chi connectivity index (χ2n) is 4.45. The zero-order valence-electron chi connectivity index (χ0n) is 11.4. The molecule has 0 N–H and O–H groups in total. The van der Waals surface area contributed by atoms with Gasteiger partial charge in [-0.2, -0.15) is 0 Å². The van der Waals surface area contributed by atoms with Crippen LogP contribution in [0.15, 0.2) is 70.1 Å². The minimum atomic E-state index is 0.685. The maximum Gasteiger partial charge on any atom is 0.164 e. The summed E-state index contributed by atoms with van der Waals surface area (Å²) in [5, 5.41) is 0.685. The van der Waals surface area contributed by atoms with Crippen molar-refractivity contribution in [3.05, 3.63) is 75.2 Å². The van der Waals surface area contributed by atoms with Gasteiger partial charge >= 0.3 is 0 Å². The fourth-order valence-electron chi connectivity index (χ4n) is 1.77. The summed E-state index contributed by atoms with van der Waals surface area (Å²) >= 11 is 7.96. The van der Waals surface area contributed by atoms with E-state index < -0.39 is 0 Å². The fourth-order valence-corrected chi connectivity index (χ4v) is 2.33. The summed E-state index contributed by atoms with van der Waals surface area (Å²) in [7, 11) is 0. The van der Waals surface area contributed by atoms with Crippen molar-refractivity contribution in [1.29, 1.82) is 0 Å². The van der Waals surface area contributed by atoms with E-state index in [0.717, 1.165) is 26.7 Å². The first-order valence-corrected chi connectivity index (χ1v) is 7.98. The van der Waals surface area contributed by atoms with E-state index in [1.807, 2.05) is 48.5 Å². The molecule has 1 aromatic heterocycles. The summed E-state index contributed by atoms with van der Waals surface area (Å²) in [5.41, 5.74) is 0.829. The molecular formula is C17H11ClINO2. The molecule has 3 aromatic rings. The number of aliphatic imine (C=N–C) groups is 1. The van der Waals surface area contributed by atoms with E-state index >= 15 is 0 Å². The zero-order chi connectivity index (χ0) is 15.4. The van der Waals surface area contributed by atoms with Gasteiger partial charge in [0.2, 0.25) is 0 Å². The maximum absolute atomic E-state index is 5.84. The van der Waals surface area contributed by atoms with Crippen LogP contribution in [0.3, 0.4) is 0 Å². The fraction of sp³-hybridized carbons (Fsp3) is 0. The molecule has 0 saturated heterocycles. The molecule has 0 spiro atoms. The average molecular weight is 424 g/mol. The molecule has 110 valence electrons. The van der Waals surface area contributed by atoms with Crippen LogP contribution in [0.5, 0.6) is 11.5 Å². The molecule has 0 unspecified atom stereocenters. The molecule has 1 heterocycles. The standard InChI is InChI=1S/C17H11ClINO2/c18-12-1-5-14(6-2-12)21-15-7-3-13(4-8-15)20-11-16-9-10-17(19)22-16/h1-11H. The first-order valence-electron chi connectivity index (χ1n) is 6.52. The molecule has 0 amide bonds. The number of rotatable bonds is 4. The highest BCUT2D eigenvalue weighted by molar-refractivity contribution is 14.1. The molecule has 0 aliphatic heterocycles. The number of halogens is 2. The molecule has 0 bridgehead atoms. The van der Waals surface area contributed by atoms with Crippen LogP contribution < -0.4 is 4.74 Å². The number of ether oxygens (including phenoxy) is 1. The van der Waals surface area contributed by atoms with E-state index in [1.165, 1.54) is 0 Å². The van der Waals surface area contributed by atoms with Gasteiger partial charge in [-0.1, -0.05) is 11.6 Å². The Labute approximate surface area is 146 Å². The topological polar surface area (TPSA) is 34.7 Å². The van der Waals surface area contributed by atoms with E-state index in [4.69, 9.17) is 20.8 Å². The summed E-state index contributed by atoms with van der Waals surface area (Å²) in [6, 6.07) is 18.5. The van der Waals surface area contributed by atoms with Gasteiger partial charge in [0.05, 0.1) is 11.9 Å². The van der Waals surface area contributed by atoms with Crippen molar-refractivity contribution in [2.75, 3.05) is 0 Å². The third kappa shape index (κ3) is 4.11. The van der Waals surface area contributed by atoms with E-state index in [0.29, 0.717) is 5.02 Å². The molecule has 5 heteroatoms. The normalized spacial score (nSPS) is 11.0. The van der Waals surface area contributed by atoms with Crippen LogP contribution in [0.4, 0.5) is 5.69 Å². The van der Waals surface area contributed by atoms with Crippen LogP contribution in [-0.2, 0) is 0 Å². The predicted molar refractivity (Wildman–Crippen MR) is 96.6 cm³/mol. The molecule has 0 saturated carbocycles. The summed E-state index contributed by atoms with van der Waals surface area (Å²) < 4.78 is 12.0. The maximum atomic E-state index is 5.84. The Kier molecular flexibility index (Phi) is 4.80. The van der Waals surface area contributed by atoms with Crippen LogP contribution in [0.25, 0.3) is 0 Å². The Hall–Kier alpha value is -1.79. The number of hydrogen-bond acceptors (Lipinski definition) is 3. The van der Waals surface area contributed by atoms with E-state index in [9.17, 15) is 0 Å². The molecule has 0 radical (unpaired) electrons. The quantitative estimate of drug-likeness (QED) is 0.376. The van der Waals surface area contributed by atoms with Crippen LogP contribution in [0.2, 0.25) is 5.02 Å². The van der Waals surface area contributed by atoms with Crippen LogP contribution in [0.1, 0.15) is 5.76 Å². The molecule has 22 heavy (non-hydrogen) atoms. The van der Waals surface area contributed by atoms with Crippen molar-refractivity contribution in [3.63, 3.8) is 0 Å². The molecular weight excluding hydrogens is 413 g/mol. The van der Waals surface area contributed by atoms with Crippen molar-refractivity contribution >= 4 is 46.1 Å². The monoisotopic (exact) mass is 423 g/mol. The highest BCUT2D eigenvalue weighted by atomic mass is 127. The lowest BCUT2D eigenvalue weighted by molar-refractivity contribution is 0.483. The second-order valence-corrected chi connectivity index (χ2v) is 5.95. The molecule has 3 rings (SSSR count). The second kappa shape index (κ2) is 6.98. The Morgan fingerprint density at radius 2 is 1.55 bits per heavy atom. The van der Waals surface area contributed by atoms with Gasteiger partial charge in [0.25, 0.3) is 0 Å². The lowest BCUT2D eigenvalue weighted by atomic mass is 10.3. The van der Waals surface area contributed by atoms with Gasteiger partial charge < -0.3 is 9.15 Å². The minimum Gasteiger partial charge on any atom is -0.457 e. The summed E-state index contributed by atoms with van der Waals surface area (Å²) in [6.45, 7) is 0. The van der Waals surface area contributed by atoms with Crippen molar-refractivity contribution in [2.24, 2.45) is 4.99 Å². The average Bonchev–Trinajstić information content (AvgIpc) is 2.94. The molecule has 0 aliphatic carbocycles. The number of furan rings is 1. The van der Waals surface area contributed by atoms with Gasteiger partial charge in [-0.05, 0) is 83.3 Å². The van der Waals surface area contributed by atoms with Gasteiger partial charge in [-0.3, -0.25) is 4.99 Å². The van der Waals surface area contributed by atoms with Crippen molar-refractivity contribution < 1.29 is 9.15 Å². The predicted octanol–water partition coefficient (Wildman–Crippen LogP) is 6.08. The van der Waals surface area contributed by atoms with Crippen LogP contribution in [-0.4, -0.2) is 6.21 Å². The Morgan fingerprint density at radius 3 is 2.14 bits per heavy atom. The Morgan fingerprint density at radius 1 is 0.909 bits per heavy atom. The summed E-state index contributed by atoms with van der Waals surface area (Å²) in [5.74, 6) is 2.21. The van der Waals surface area contributed by atoms with E-state index in [-0.39, 0.29) is 0 Å². The Bertz CT molecular complexity index is 779. The zero-order valence-corrected chi connectivity index (χ0v) is 14.3. The van der Waals surface area contributed by atoms with Crippen molar-refractivity contribution in [2.45, 2.75) is 0 Å². The van der Waals surface area contributed by atoms with Crippen molar-refractivity contribution in [3.8, 4) is 11.5 Å². The van der Waals surface area contributed by atoms with Gasteiger partial charge in [0.1, 0.15) is 17.3 Å². The van der Waals surface area contributed by atoms with Crippen LogP contribution >= 0.6 is 34.2 Å². The molecule has 3 nitrogen and oxygen atoms in total. The molecule has 0 atom stereocenters. The number of hydrogen-bond donors (Lipinski definition) is 0. The number of nitrogens with zero attached hydrogens (tertiary/aromatic N) is 1. The SMILES string of the molecule is Clc1ccc(Oc2ccc(N=Cc3ccc(I)o3)cc2)cc1. The third-order valence-corrected chi connectivity index (χ3v) is 3.65. The highest BCUT2D eigenvalue weighted by Crippen LogP contribution is 2.25. The first-order chi connectivity index (χ1) is 10.7. The van der Waals surface area contributed by atoms with Crippen LogP contribution in [0, 0.1) is 3.77 Å². The highest BCUT2D eigenvalue weighted by Gasteiger charge is 1.99. The minimum absolute atomic E-state index is 0.685. The van der Waals surface area contributed by atoms with E-state index in [2.05, 4.69) is 27.6 Å². The van der Waals surface area contributed by atoms with E-state index in [1.54, 1.807) is 18.3 Å². The smallest absolute Gasteiger partial charge is 0.164 e. The van der Waals surface area contributed by atoms with Gasteiger partial charge in [0.15, 0.2) is 3.77 Å².